The Morgan fingerprint density at radius 2 is 1.73 bits per heavy atom. The summed E-state index contributed by atoms with van der Waals surface area (Å²) >= 11 is 0. The number of hydrogen-bond acceptors (Lipinski definition) is 3. The highest BCUT2D eigenvalue weighted by Gasteiger charge is 2.31. The van der Waals surface area contributed by atoms with Crippen LogP contribution in [0.2, 0.25) is 0 Å². The van der Waals surface area contributed by atoms with Gasteiger partial charge in [-0.3, -0.25) is 9.59 Å². The van der Waals surface area contributed by atoms with E-state index in [2.05, 4.69) is 5.32 Å². The predicted molar refractivity (Wildman–Crippen MR) is 99.6 cm³/mol. The first-order valence-electron chi connectivity index (χ1n) is 9.03. The van der Waals surface area contributed by atoms with Crippen molar-refractivity contribution in [2.75, 3.05) is 13.2 Å². The number of para-hydroxylation sites is 1. The minimum atomic E-state index is -0.454. The molecule has 136 valence electrons. The summed E-state index contributed by atoms with van der Waals surface area (Å²) in [5.41, 5.74) is 0.998. The van der Waals surface area contributed by atoms with E-state index < -0.39 is 6.04 Å². The first-order chi connectivity index (χ1) is 12.7. The molecule has 1 aliphatic heterocycles. The van der Waals surface area contributed by atoms with E-state index in [1.807, 2.05) is 60.7 Å². The van der Waals surface area contributed by atoms with Crippen molar-refractivity contribution in [2.24, 2.45) is 0 Å². The first-order valence-corrected chi connectivity index (χ1v) is 9.03. The lowest BCUT2D eigenvalue weighted by Crippen LogP contribution is -2.49. The smallest absolute Gasteiger partial charge is 0.261 e. The van der Waals surface area contributed by atoms with Gasteiger partial charge in [0.2, 0.25) is 5.91 Å². The number of nitrogens with zero attached hydrogens (tertiary/aromatic N) is 1. The highest BCUT2D eigenvalue weighted by Crippen LogP contribution is 2.17. The summed E-state index contributed by atoms with van der Waals surface area (Å²) in [5, 5.41) is 2.92. The largest absolute Gasteiger partial charge is 0.484 e. The number of benzene rings is 2. The van der Waals surface area contributed by atoms with Crippen molar-refractivity contribution in [1.82, 2.24) is 10.2 Å². The zero-order valence-corrected chi connectivity index (χ0v) is 14.8. The molecule has 0 aliphatic carbocycles. The van der Waals surface area contributed by atoms with E-state index in [-0.39, 0.29) is 18.4 Å². The van der Waals surface area contributed by atoms with Gasteiger partial charge in [0.15, 0.2) is 6.61 Å². The lowest BCUT2D eigenvalue weighted by atomic mass is 10.1. The molecule has 0 bridgehead atoms. The molecule has 2 aromatic rings. The monoisotopic (exact) mass is 352 g/mol. The Kier molecular flexibility index (Phi) is 6.25. The van der Waals surface area contributed by atoms with Gasteiger partial charge in [0.25, 0.3) is 5.91 Å². The zero-order valence-electron chi connectivity index (χ0n) is 14.8. The lowest BCUT2D eigenvalue weighted by Gasteiger charge is -2.30. The molecule has 0 radical (unpaired) electrons. The molecule has 0 aromatic heterocycles. The molecule has 26 heavy (non-hydrogen) atoms. The van der Waals surface area contributed by atoms with Crippen molar-refractivity contribution in [3.63, 3.8) is 0 Å². The van der Waals surface area contributed by atoms with Crippen LogP contribution in [0.1, 0.15) is 24.8 Å². The maximum Gasteiger partial charge on any atom is 0.261 e. The molecule has 1 atom stereocenters. The van der Waals surface area contributed by atoms with Crippen LogP contribution < -0.4 is 10.1 Å². The summed E-state index contributed by atoms with van der Waals surface area (Å²) in [7, 11) is 0. The molecular formula is C21H24N2O3. The molecule has 1 aliphatic rings. The molecule has 1 heterocycles. The van der Waals surface area contributed by atoms with E-state index in [4.69, 9.17) is 4.74 Å². The lowest BCUT2D eigenvalue weighted by molar-refractivity contribution is -0.142. The summed E-state index contributed by atoms with van der Waals surface area (Å²) in [6.45, 7) is 0.986. The summed E-state index contributed by atoms with van der Waals surface area (Å²) in [5.74, 6) is 0.386. The average Bonchev–Trinajstić information content (AvgIpc) is 2.90. The van der Waals surface area contributed by atoms with E-state index >= 15 is 0 Å². The average molecular weight is 352 g/mol. The zero-order chi connectivity index (χ0) is 18.2. The third-order valence-electron chi connectivity index (χ3n) is 4.50. The summed E-state index contributed by atoms with van der Waals surface area (Å²) in [6, 6.07) is 18.5. The van der Waals surface area contributed by atoms with Gasteiger partial charge >= 0.3 is 0 Å². The predicted octanol–water partition coefficient (Wildman–Crippen LogP) is 2.76. The molecule has 2 amide bonds. The molecule has 1 unspecified atom stereocenters. The quantitative estimate of drug-likeness (QED) is 0.870. The van der Waals surface area contributed by atoms with Crippen molar-refractivity contribution >= 4 is 11.8 Å². The van der Waals surface area contributed by atoms with Crippen molar-refractivity contribution in [1.29, 1.82) is 0 Å². The van der Waals surface area contributed by atoms with Crippen LogP contribution in [0.3, 0.4) is 0 Å². The van der Waals surface area contributed by atoms with Gasteiger partial charge in [-0.05, 0) is 37.0 Å². The Hall–Kier alpha value is -2.82. The summed E-state index contributed by atoms with van der Waals surface area (Å²) < 4.78 is 5.62. The molecule has 0 saturated carbocycles. The Morgan fingerprint density at radius 1 is 1.04 bits per heavy atom. The van der Waals surface area contributed by atoms with E-state index in [1.165, 1.54) is 0 Å². The van der Waals surface area contributed by atoms with E-state index in [1.54, 1.807) is 4.90 Å². The van der Waals surface area contributed by atoms with Crippen LogP contribution in [0.4, 0.5) is 0 Å². The van der Waals surface area contributed by atoms with Crippen LogP contribution in [0.25, 0.3) is 0 Å². The molecule has 1 saturated heterocycles. The number of amides is 2. The SMILES string of the molecule is O=C1NCCCCC1N(Cc1ccccc1)C(=O)COc1ccccc1. The van der Waals surface area contributed by atoms with Gasteiger partial charge < -0.3 is 15.0 Å². The van der Waals surface area contributed by atoms with Gasteiger partial charge in [-0.15, -0.1) is 0 Å². The number of nitrogens with one attached hydrogen (secondary N) is 1. The highest BCUT2D eigenvalue weighted by atomic mass is 16.5. The van der Waals surface area contributed by atoms with Gasteiger partial charge in [0.05, 0.1) is 0 Å². The van der Waals surface area contributed by atoms with Gasteiger partial charge in [0, 0.05) is 13.1 Å². The topological polar surface area (TPSA) is 58.6 Å². The molecular weight excluding hydrogens is 328 g/mol. The standard InChI is InChI=1S/C21H24N2O3/c24-20(16-26-18-11-5-2-6-12-18)23(15-17-9-3-1-4-10-17)19-13-7-8-14-22-21(19)25/h1-6,9-12,19H,7-8,13-16H2,(H,22,25). The minimum absolute atomic E-state index is 0.0773. The minimum Gasteiger partial charge on any atom is -0.484 e. The third kappa shape index (κ3) is 4.85. The second kappa shape index (κ2) is 9.04. The number of ether oxygens (including phenoxy) is 1. The van der Waals surface area contributed by atoms with Crippen molar-refractivity contribution in [3.05, 3.63) is 66.2 Å². The number of hydrogen-bond donors (Lipinski definition) is 1. The highest BCUT2D eigenvalue weighted by molar-refractivity contribution is 5.88. The first kappa shape index (κ1) is 18.0. The third-order valence-corrected chi connectivity index (χ3v) is 4.50. The van der Waals surface area contributed by atoms with E-state index in [9.17, 15) is 9.59 Å². The summed E-state index contributed by atoms with van der Waals surface area (Å²) in [4.78, 5) is 27.0. The van der Waals surface area contributed by atoms with Crippen LogP contribution in [0.15, 0.2) is 60.7 Å². The molecule has 3 rings (SSSR count). The van der Waals surface area contributed by atoms with Crippen LogP contribution in [-0.4, -0.2) is 35.9 Å². The van der Waals surface area contributed by atoms with Crippen molar-refractivity contribution in [2.45, 2.75) is 31.8 Å². The van der Waals surface area contributed by atoms with E-state index in [0.717, 1.165) is 18.4 Å². The second-order valence-corrected chi connectivity index (χ2v) is 6.41. The Bertz CT molecular complexity index is 719. The molecule has 1 fully saturated rings. The molecule has 5 nitrogen and oxygen atoms in total. The van der Waals surface area contributed by atoms with Crippen molar-refractivity contribution in [3.8, 4) is 5.75 Å². The van der Waals surface area contributed by atoms with Crippen LogP contribution in [0, 0.1) is 0 Å². The Labute approximate surface area is 154 Å². The maximum absolute atomic E-state index is 12.9. The fourth-order valence-electron chi connectivity index (χ4n) is 3.12. The van der Waals surface area contributed by atoms with Crippen molar-refractivity contribution < 1.29 is 14.3 Å². The van der Waals surface area contributed by atoms with Gasteiger partial charge in [-0.25, -0.2) is 0 Å². The Morgan fingerprint density at radius 3 is 2.46 bits per heavy atom. The molecule has 2 aromatic carbocycles. The fourth-order valence-corrected chi connectivity index (χ4v) is 3.12. The van der Waals surface area contributed by atoms with Gasteiger partial charge in [-0.2, -0.15) is 0 Å². The summed E-state index contributed by atoms with van der Waals surface area (Å²) in [6.07, 6.45) is 2.54. The number of carbonyl (C=O) groups excluding carboxylic acids is 2. The number of rotatable bonds is 6. The molecule has 5 heteroatoms. The Balaban J connectivity index is 1.74. The van der Waals surface area contributed by atoms with E-state index in [0.29, 0.717) is 25.3 Å². The molecule has 1 N–H and O–H groups in total. The van der Waals surface area contributed by atoms with Crippen LogP contribution in [-0.2, 0) is 16.1 Å². The second-order valence-electron chi connectivity index (χ2n) is 6.41. The van der Waals surface area contributed by atoms with Gasteiger partial charge in [-0.1, -0.05) is 48.5 Å². The van der Waals surface area contributed by atoms with Crippen LogP contribution in [0.5, 0.6) is 5.75 Å². The van der Waals surface area contributed by atoms with Crippen LogP contribution >= 0.6 is 0 Å². The molecule has 0 spiro atoms. The fraction of sp³-hybridized carbons (Fsp3) is 0.333. The number of carbonyl (C=O) groups is 2. The maximum atomic E-state index is 12.9. The van der Waals surface area contributed by atoms with Gasteiger partial charge in [0.1, 0.15) is 11.8 Å². The normalized spacial score (nSPS) is 17.1.